The number of nitrogens with zero attached hydrogens (tertiary/aromatic N) is 2. The number of para-hydroxylation sites is 2. The summed E-state index contributed by atoms with van der Waals surface area (Å²) in [5.41, 5.74) is 5.26. The van der Waals surface area contributed by atoms with Crippen molar-refractivity contribution in [1.82, 2.24) is 0 Å². The number of benzene rings is 2. The molecule has 1 aliphatic rings. The smallest absolute Gasteiger partial charge is 0.146 e. The van der Waals surface area contributed by atoms with Gasteiger partial charge >= 0.3 is 0 Å². The summed E-state index contributed by atoms with van der Waals surface area (Å²) in [6.07, 6.45) is 1.70. The summed E-state index contributed by atoms with van der Waals surface area (Å²) in [4.78, 5) is 4.93. The molecule has 2 aromatic carbocycles. The summed E-state index contributed by atoms with van der Waals surface area (Å²) in [7, 11) is 3.44. The van der Waals surface area contributed by atoms with Crippen LogP contribution in [0, 0.1) is 0 Å². The van der Waals surface area contributed by atoms with Gasteiger partial charge in [0.05, 0.1) is 19.9 Å². The lowest BCUT2D eigenvalue weighted by Gasteiger charge is -2.29. The fraction of sp³-hybridized carbons (Fsp3) is 0.586. The van der Waals surface area contributed by atoms with Crippen LogP contribution in [0.15, 0.2) is 36.4 Å². The number of hydrogen-bond acceptors (Lipinski definition) is 6. The van der Waals surface area contributed by atoms with Crippen molar-refractivity contribution in [3.8, 4) is 11.5 Å². The standard InChI is InChI=1S/C29H44N2O4/c1-22(2)24-11-7-12-25(23(3)4)28(24)30-15-16-31(21-30)29-26(34-19-9-17-32-5)13-8-14-27(29)35-20-10-18-33-6/h7-8,11-14,22-23H,9-10,15-21H2,1-6H3. The second-order valence-corrected chi connectivity index (χ2v) is 9.76. The predicted octanol–water partition coefficient (Wildman–Crippen LogP) is 6.05. The van der Waals surface area contributed by atoms with E-state index in [0.717, 1.165) is 49.8 Å². The van der Waals surface area contributed by atoms with Crippen molar-refractivity contribution in [2.45, 2.75) is 52.4 Å². The molecule has 6 heteroatoms. The largest absolute Gasteiger partial charge is 0.491 e. The van der Waals surface area contributed by atoms with E-state index in [1.165, 1.54) is 16.8 Å². The van der Waals surface area contributed by atoms with E-state index in [4.69, 9.17) is 18.9 Å². The molecule has 0 bridgehead atoms. The lowest BCUT2D eigenvalue weighted by molar-refractivity contribution is 0.170. The van der Waals surface area contributed by atoms with Gasteiger partial charge in [-0.1, -0.05) is 52.0 Å². The van der Waals surface area contributed by atoms with Gasteiger partial charge in [0.25, 0.3) is 0 Å². The van der Waals surface area contributed by atoms with Crippen molar-refractivity contribution in [3.05, 3.63) is 47.5 Å². The van der Waals surface area contributed by atoms with Crippen LogP contribution in [0.4, 0.5) is 11.4 Å². The molecule has 1 heterocycles. The maximum atomic E-state index is 6.24. The number of rotatable bonds is 14. The van der Waals surface area contributed by atoms with E-state index in [1.54, 1.807) is 14.2 Å². The van der Waals surface area contributed by atoms with E-state index in [0.29, 0.717) is 38.3 Å². The van der Waals surface area contributed by atoms with Gasteiger partial charge in [-0.15, -0.1) is 0 Å². The molecule has 35 heavy (non-hydrogen) atoms. The van der Waals surface area contributed by atoms with Crippen molar-refractivity contribution >= 4 is 11.4 Å². The molecule has 6 nitrogen and oxygen atoms in total. The molecule has 0 spiro atoms. The fourth-order valence-electron chi connectivity index (χ4n) is 4.65. The monoisotopic (exact) mass is 484 g/mol. The van der Waals surface area contributed by atoms with Gasteiger partial charge in [-0.05, 0) is 35.1 Å². The van der Waals surface area contributed by atoms with Gasteiger partial charge in [0.2, 0.25) is 0 Å². The molecule has 0 unspecified atom stereocenters. The Labute approximate surface area is 212 Å². The first kappa shape index (κ1) is 27.2. The van der Waals surface area contributed by atoms with Crippen LogP contribution in [-0.2, 0) is 9.47 Å². The SMILES string of the molecule is COCCCOc1cccc(OCCCOC)c1N1CCN(c2c(C(C)C)cccc2C(C)C)C1. The van der Waals surface area contributed by atoms with Gasteiger partial charge in [0, 0.05) is 59.1 Å². The molecule has 3 rings (SSSR count). The van der Waals surface area contributed by atoms with Crippen LogP contribution in [0.3, 0.4) is 0 Å². The maximum Gasteiger partial charge on any atom is 0.146 e. The molecule has 0 atom stereocenters. The van der Waals surface area contributed by atoms with Gasteiger partial charge < -0.3 is 28.7 Å². The van der Waals surface area contributed by atoms with E-state index in [9.17, 15) is 0 Å². The van der Waals surface area contributed by atoms with Gasteiger partial charge in [-0.25, -0.2) is 0 Å². The molecule has 0 aromatic heterocycles. The molecule has 1 saturated heterocycles. The average molecular weight is 485 g/mol. The van der Waals surface area contributed by atoms with Gasteiger partial charge in [-0.3, -0.25) is 0 Å². The van der Waals surface area contributed by atoms with Crippen LogP contribution in [0.5, 0.6) is 11.5 Å². The van der Waals surface area contributed by atoms with Crippen molar-refractivity contribution in [1.29, 1.82) is 0 Å². The van der Waals surface area contributed by atoms with E-state index >= 15 is 0 Å². The van der Waals surface area contributed by atoms with Gasteiger partial charge in [0.15, 0.2) is 0 Å². The first-order valence-corrected chi connectivity index (χ1v) is 13.0. The highest BCUT2D eigenvalue weighted by Crippen LogP contribution is 2.42. The van der Waals surface area contributed by atoms with Crippen LogP contribution in [0.1, 0.15) is 63.5 Å². The number of ether oxygens (including phenoxy) is 4. The average Bonchev–Trinajstić information content (AvgIpc) is 3.33. The molecule has 0 saturated carbocycles. The third-order valence-electron chi connectivity index (χ3n) is 6.42. The minimum atomic E-state index is 0.467. The Morgan fingerprint density at radius 3 is 1.57 bits per heavy atom. The first-order valence-electron chi connectivity index (χ1n) is 13.0. The Morgan fingerprint density at radius 1 is 0.657 bits per heavy atom. The highest BCUT2D eigenvalue weighted by atomic mass is 16.5. The molecule has 2 aromatic rings. The Bertz CT molecular complexity index is 859. The van der Waals surface area contributed by atoms with Crippen LogP contribution in [0.2, 0.25) is 0 Å². The van der Waals surface area contributed by atoms with Crippen LogP contribution in [0.25, 0.3) is 0 Å². The third kappa shape index (κ3) is 7.05. The first-order chi connectivity index (χ1) is 17.0. The summed E-state index contributed by atoms with van der Waals surface area (Å²) >= 11 is 0. The van der Waals surface area contributed by atoms with E-state index in [2.05, 4.69) is 67.8 Å². The van der Waals surface area contributed by atoms with Crippen LogP contribution in [-0.4, -0.2) is 60.4 Å². The zero-order chi connectivity index (χ0) is 25.2. The summed E-state index contributed by atoms with van der Waals surface area (Å²) in [6.45, 7) is 14.4. The summed E-state index contributed by atoms with van der Waals surface area (Å²) in [6, 6.07) is 12.9. The van der Waals surface area contributed by atoms with Gasteiger partial charge in [0.1, 0.15) is 17.2 Å². The van der Waals surface area contributed by atoms with E-state index in [1.807, 2.05) is 6.07 Å². The van der Waals surface area contributed by atoms with Gasteiger partial charge in [-0.2, -0.15) is 0 Å². The maximum absolute atomic E-state index is 6.24. The minimum absolute atomic E-state index is 0.467. The quantitative estimate of drug-likeness (QED) is 0.304. The molecular formula is C29H44N2O4. The molecule has 1 fully saturated rings. The van der Waals surface area contributed by atoms with Crippen LogP contribution < -0.4 is 19.3 Å². The van der Waals surface area contributed by atoms with E-state index in [-0.39, 0.29) is 0 Å². The molecule has 0 aliphatic carbocycles. The molecule has 0 N–H and O–H groups in total. The number of anilines is 2. The molecule has 1 aliphatic heterocycles. The predicted molar refractivity (Wildman–Crippen MR) is 145 cm³/mol. The Hall–Kier alpha value is -2.44. The fourth-order valence-corrected chi connectivity index (χ4v) is 4.65. The third-order valence-corrected chi connectivity index (χ3v) is 6.42. The Morgan fingerprint density at radius 2 is 1.11 bits per heavy atom. The second kappa shape index (κ2) is 13.6. The topological polar surface area (TPSA) is 43.4 Å². The zero-order valence-corrected chi connectivity index (χ0v) is 22.5. The lowest BCUT2D eigenvalue weighted by Crippen LogP contribution is -2.27. The summed E-state index contributed by atoms with van der Waals surface area (Å²) in [5.74, 6) is 2.67. The second-order valence-electron chi connectivity index (χ2n) is 9.76. The lowest BCUT2D eigenvalue weighted by atomic mass is 9.92. The Balaban J connectivity index is 1.89. The number of methoxy groups -OCH3 is 2. The summed E-state index contributed by atoms with van der Waals surface area (Å²) in [5, 5.41) is 0. The molecule has 0 amide bonds. The summed E-state index contributed by atoms with van der Waals surface area (Å²) < 4.78 is 22.9. The number of hydrogen-bond donors (Lipinski definition) is 0. The highest BCUT2D eigenvalue weighted by Gasteiger charge is 2.29. The van der Waals surface area contributed by atoms with Crippen molar-refractivity contribution < 1.29 is 18.9 Å². The highest BCUT2D eigenvalue weighted by molar-refractivity contribution is 5.71. The molecule has 194 valence electrons. The van der Waals surface area contributed by atoms with Crippen molar-refractivity contribution in [3.63, 3.8) is 0 Å². The Kier molecular flexibility index (Phi) is 10.5. The minimum Gasteiger partial charge on any atom is -0.491 e. The van der Waals surface area contributed by atoms with Crippen LogP contribution >= 0.6 is 0 Å². The molecule has 0 radical (unpaired) electrons. The molecular weight excluding hydrogens is 440 g/mol. The van der Waals surface area contributed by atoms with Crippen molar-refractivity contribution in [2.24, 2.45) is 0 Å². The van der Waals surface area contributed by atoms with E-state index < -0.39 is 0 Å². The van der Waals surface area contributed by atoms with Crippen molar-refractivity contribution in [2.75, 3.05) is 70.2 Å². The normalized spacial score (nSPS) is 13.8. The zero-order valence-electron chi connectivity index (χ0n) is 22.5.